The van der Waals surface area contributed by atoms with Gasteiger partial charge >= 0.3 is 5.97 Å². The lowest BCUT2D eigenvalue weighted by atomic mass is 9.71. The van der Waals surface area contributed by atoms with Crippen LogP contribution in [-0.4, -0.2) is 48.1 Å². The largest absolute Gasteiger partial charge is 0.480 e. The number of amides is 1. The number of hydrogen-bond acceptors (Lipinski definition) is 3. The van der Waals surface area contributed by atoms with Crippen LogP contribution in [0.2, 0.25) is 0 Å². The monoisotopic (exact) mass is 282 g/mol. The van der Waals surface area contributed by atoms with Gasteiger partial charge in [0.15, 0.2) is 0 Å². The lowest BCUT2D eigenvalue weighted by Crippen LogP contribution is -2.48. The lowest BCUT2D eigenvalue weighted by Gasteiger charge is -2.31. The van der Waals surface area contributed by atoms with E-state index in [1.165, 1.54) is 0 Å². The molecule has 0 aromatic carbocycles. The number of aliphatic carboxylic acids is 1. The summed E-state index contributed by atoms with van der Waals surface area (Å²) < 4.78 is 0. The van der Waals surface area contributed by atoms with E-state index in [2.05, 4.69) is 19.2 Å². The predicted molar refractivity (Wildman–Crippen MR) is 76.3 cm³/mol. The Morgan fingerprint density at radius 1 is 1.15 bits per heavy atom. The highest BCUT2D eigenvalue weighted by atomic mass is 16.4. The van der Waals surface area contributed by atoms with Crippen LogP contribution >= 0.6 is 0 Å². The van der Waals surface area contributed by atoms with E-state index in [-0.39, 0.29) is 16.7 Å². The second kappa shape index (κ2) is 4.72. The van der Waals surface area contributed by atoms with Crippen molar-refractivity contribution < 1.29 is 14.7 Å². The first-order valence-corrected chi connectivity index (χ1v) is 7.48. The molecule has 0 aromatic heterocycles. The topological polar surface area (TPSA) is 69.6 Å². The minimum absolute atomic E-state index is 0.0500. The minimum Gasteiger partial charge on any atom is -0.480 e. The molecule has 2 N–H and O–H groups in total. The van der Waals surface area contributed by atoms with E-state index in [4.69, 9.17) is 0 Å². The van der Waals surface area contributed by atoms with Gasteiger partial charge in [-0.2, -0.15) is 0 Å². The van der Waals surface area contributed by atoms with Crippen molar-refractivity contribution >= 4 is 11.9 Å². The number of rotatable bonds is 4. The normalized spacial score (nSPS) is 33.3. The van der Waals surface area contributed by atoms with Crippen molar-refractivity contribution in [2.24, 2.45) is 16.2 Å². The Labute approximate surface area is 120 Å². The molecule has 2 fully saturated rings. The van der Waals surface area contributed by atoms with E-state index in [0.717, 1.165) is 13.1 Å². The van der Waals surface area contributed by atoms with E-state index in [1.54, 1.807) is 18.7 Å². The summed E-state index contributed by atoms with van der Waals surface area (Å²) in [5, 5.41) is 12.9. The Hall–Kier alpha value is -1.10. The molecule has 0 radical (unpaired) electrons. The van der Waals surface area contributed by atoms with Gasteiger partial charge < -0.3 is 15.3 Å². The summed E-state index contributed by atoms with van der Waals surface area (Å²) in [7, 11) is 0. The molecule has 2 aliphatic heterocycles. The van der Waals surface area contributed by atoms with Crippen LogP contribution in [0.15, 0.2) is 0 Å². The summed E-state index contributed by atoms with van der Waals surface area (Å²) in [5.41, 5.74) is -1.15. The van der Waals surface area contributed by atoms with E-state index < -0.39 is 11.4 Å². The zero-order valence-electron chi connectivity index (χ0n) is 13.0. The van der Waals surface area contributed by atoms with Gasteiger partial charge in [-0.1, -0.05) is 27.7 Å². The maximum atomic E-state index is 12.8. The molecule has 2 aliphatic rings. The Balaban J connectivity index is 2.26. The average molecular weight is 282 g/mol. The standard InChI is InChI=1S/C15H26N2O3/c1-5-15(6-2,12(19)20)11(18)17-9-13(3)7-16-8-14(13,4)10-17/h16H,5-10H2,1-4H3,(H,19,20)/t13-,14+. The van der Waals surface area contributed by atoms with Crippen LogP contribution in [0.25, 0.3) is 0 Å². The maximum Gasteiger partial charge on any atom is 0.319 e. The van der Waals surface area contributed by atoms with Crippen LogP contribution in [0.1, 0.15) is 40.5 Å². The van der Waals surface area contributed by atoms with Crippen LogP contribution < -0.4 is 5.32 Å². The first-order chi connectivity index (χ1) is 9.24. The molecular weight excluding hydrogens is 256 g/mol. The van der Waals surface area contributed by atoms with Crippen LogP contribution in [0.4, 0.5) is 0 Å². The molecule has 0 saturated carbocycles. The molecule has 2 saturated heterocycles. The van der Waals surface area contributed by atoms with Crippen molar-refractivity contribution in [1.82, 2.24) is 10.2 Å². The van der Waals surface area contributed by atoms with Crippen molar-refractivity contribution in [3.05, 3.63) is 0 Å². The number of nitrogens with one attached hydrogen (secondary N) is 1. The lowest BCUT2D eigenvalue weighted by molar-refractivity contribution is -0.161. The second-order valence-electron chi connectivity index (χ2n) is 6.98. The zero-order chi connectivity index (χ0) is 15.2. The fourth-order valence-corrected chi connectivity index (χ4v) is 3.83. The van der Waals surface area contributed by atoms with Gasteiger partial charge in [0.2, 0.25) is 5.91 Å². The van der Waals surface area contributed by atoms with Crippen LogP contribution in [-0.2, 0) is 9.59 Å². The fourth-order valence-electron chi connectivity index (χ4n) is 3.83. The van der Waals surface area contributed by atoms with E-state index >= 15 is 0 Å². The number of hydrogen-bond donors (Lipinski definition) is 2. The number of likely N-dealkylation sites (tertiary alicyclic amines) is 1. The molecule has 1 amide bonds. The molecular formula is C15H26N2O3. The van der Waals surface area contributed by atoms with Crippen LogP contribution in [0.3, 0.4) is 0 Å². The molecule has 2 rings (SSSR count). The van der Waals surface area contributed by atoms with Gasteiger partial charge in [-0.15, -0.1) is 0 Å². The number of carbonyl (C=O) groups is 2. The highest BCUT2D eigenvalue weighted by Crippen LogP contribution is 2.49. The van der Waals surface area contributed by atoms with E-state index in [0.29, 0.717) is 25.9 Å². The SMILES string of the molecule is CCC(CC)(C(=O)O)C(=O)N1C[C@]2(C)CNC[C@]2(C)C1. The molecule has 0 aromatic rings. The highest BCUT2D eigenvalue weighted by Gasteiger charge is 2.58. The van der Waals surface area contributed by atoms with Gasteiger partial charge in [0, 0.05) is 37.0 Å². The first-order valence-electron chi connectivity index (χ1n) is 7.48. The molecule has 5 heteroatoms. The molecule has 114 valence electrons. The molecule has 2 atom stereocenters. The Morgan fingerprint density at radius 3 is 1.95 bits per heavy atom. The smallest absolute Gasteiger partial charge is 0.319 e. The summed E-state index contributed by atoms with van der Waals surface area (Å²) in [6.07, 6.45) is 0.694. The van der Waals surface area contributed by atoms with Gasteiger partial charge in [-0.3, -0.25) is 9.59 Å². The third-order valence-corrected chi connectivity index (χ3v) is 5.88. The maximum absolute atomic E-state index is 12.8. The summed E-state index contributed by atoms with van der Waals surface area (Å²) in [6.45, 7) is 11.1. The molecule has 2 heterocycles. The number of nitrogens with zero attached hydrogens (tertiary/aromatic N) is 1. The quantitative estimate of drug-likeness (QED) is 0.763. The van der Waals surface area contributed by atoms with Crippen molar-refractivity contribution in [3.8, 4) is 0 Å². The molecule has 5 nitrogen and oxygen atoms in total. The third kappa shape index (κ3) is 1.86. The van der Waals surface area contributed by atoms with E-state index in [1.807, 2.05) is 0 Å². The second-order valence-corrected chi connectivity index (χ2v) is 6.98. The van der Waals surface area contributed by atoms with Gasteiger partial charge in [-0.05, 0) is 12.8 Å². The van der Waals surface area contributed by atoms with Gasteiger partial charge in [-0.25, -0.2) is 0 Å². The molecule has 0 bridgehead atoms. The van der Waals surface area contributed by atoms with Crippen molar-refractivity contribution in [1.29, 1.82) is 0 Å². The van der Waals surface area contributed by atoms with Gasteiger partial charge in [0.25, 0.3) is 0 Å². The van der Waals surface area contributed by atoms with Crippen molar-refractivity contribution in [2.45, 2.75) is 40.5 Å². The minimum atomic E-state index is -1.25. The summed E-state index contributed by atoms with van der Waals surface area (Å²) in [6, 6.07) is 0. The fraction of sp³-hybridized carbons (Fsp3) is 0.867. The molecule has 0 spiro atoms. The zero-order valence-corrected chi connectivity index (χ0v) is 13.0. The number of fused-ring (bicyclic) bond motifs is 1. The summed E-state index contributed by atoms with van der Waals surface area (Å²) in [4.78, 5) is 26.2. The molecule has 0 unspecified atom stereocenters. The molecule has 20 heavy (non-hydrogen) atoms. The summed E-state index contributed by atoms with van der Waals surface area (Å²) in [5.74, 6) is -1.19. The average Bonchev–Trinajstić information content (AvgIpc) is 2.78. The van der Waals surface area contributed by atoms with Crippen molar-refractivity contribution in [2.75, 3.05) is 26.2 Å². The number of carboxylic acid groups (broad SMARTS) is 1. The Morgan fingerprint density at radius 2 is 1.60 bits per heavy atom. The number of carbonyl (C=O) groups excluding carboxylic acids is 1. The predicted octanol–water partition coefficient (Wildman–Crippen LogP) is 1.34. The summed E-state index contributed by atoms with van der Waals surface area (Å²) >= 11 is 0. The Kier molecular flexibility index (Phi) is 3.61. The van der Waals surface area contributed by atoms with Crippen LogP contribution in [0, 0.1) is 16.2 Å². The van der Waals surface area contributed by atoms with Crippen LogP contribution in [0.5, 0.6) is 0 Å². The van der Waals surface area contributed by atoms with Gasteiger partial charge in [0.05, 0.1) is 0 Å². The highest BCUT2D eigenvalue weighted by molar-refractivity contribution is 6.02. The first kappa shape index (κ1) is 15.3. The number of carboxylic acids is 1. The van der Waals surface area contributed by atoms with Gasteiger partial charge in [0.1, 0.15) is 5.41 Å². The Bertz CT molecular complexity index is 415. The van der Waals surface area contributed by atoms with E-state index in [9.17, 15) is 14.7 Å². The van der Waals surface area contributed by atoms with Crippen molar-refractivity contribution in [3.63, 3.8) is 0 Å². The molecule has 0 aliphatic carbocycles. The third-order valence-electron chi connectivity index (χ3n) is 5.88.